The van der Waals surface area contributed by atoms with Gasteiger partial charge in [0.2, 0.25) is 0 Å². The lowest BCUT2D eigenvalue weighted by molar-refractivity contribution is -0.140. The van der Waals surface area contributed by atoms with Crippen LogP contribution in [0, 0.1) is 0 Å². The van der Waals surface area contributed by atoms with Gasteiger partial charge in [-0.2, -0.15) is 0 Å². The second-order valence-corrected chi connectivity index (χ2v) is 8.95. The van der Waals surface area contributed by atoms with Crippen molar-refractivity contribution < 1.29 is 19.4 Å². The highest BCUT2D eigenvalue weighted by Crippen LogP contribution is 2.39. The molecular weight excluding hydrogens is 466 g/mol. The highest BCUT2D eigenvalue weighted by atomic mass is 16.5. The van der Waals surface area contributed by atoms with Crippen molar-refractivity contribution in [1.82, 2.24) is 14.8 Å². The van der Waals surface area contributed by atoms with Crippen molar-refractivity contribution in [2.45, 2.75) is 32.9 Å². The summed E-state index contributed by atoms with van der Waals surface area (Å²) in [6.07, 6.45) is 3.81. The summed E-state index contributed by atoms with van der Waals surface area (Å²) >= 11 is 0. The van der Waals surface area contributed by atoms with Gasteiger partial charge in [0.05, 0.1) is 11.6 Å². The number of aliphatic hydroxyl groups excluding tert-OH is 1. The molecule has 192 valence electrons. The molecule has 1 saturated heterocycles. The number of aromatic nitrogens is 1. The first-order valence-corrected chi connectivity index (χ1v) is 12.7. The van der Waals surface area contributed by atoms with E-state index in [-0.39, 0.29) is 11.3 Å². The zero-order valence-electron chi connectivity index (χ0n) is 21.3. The maximum absolute atomic E-state index is 13.2. The number of hydrogen-bond acceptors (Lipinski definition) is 6. The molecule has 1 aliphatic heterocycles. The number of ketones is 1. The number of likely N-dealkylation sites (tertiary alicyclic amines) is 1. The molecule has 1 unspecified atom stereocenters. The molecule has 0 aliphatic carbocycles. The molecule has 3 aromatic rings. The molecule has 0 bridgehead atoms. The summed E-state index contributed by atoms with van der Waals surface area (Å²) < 4.78 is 5.92. The lowest BCUT2D eigenvalue weighted by Gasteiger charge is -2.27. The number of carbonyl (C=O) groups is 2. The van der Waals surface area contributed by atoms with Gasteiger partial charge in [-0.1, -0.05) is 56.3 Å². The van der Waals surface area contributed by atoms with E-state index < -0.39 is 17.7 Å². The molecule has 0 saturated carbocycles. The van der Waals surface area contributed by atoms with E-state index in [2.05, 4.69) is 23.7 Å². The summed E-state index contributed by atoms with van der Waals surface area (Å²) in [6.45, 7) is 7.71. The lowest BCUT2D eigenvalue weighted by Crippen LogP contribution is -2.33. The summed E-state index contributed by atoms with van der Waals surface area (Å²) in [5.41, 5.74) is 2.34. The number of nitrogens with zero attached hydrogens (tertiary/aromatic N) is 3. The van der Waals surface area contributed by atoms with E-state index in [1.54, 1.807) is 29.4 Å². The number of ether oxygens (including phenoxy) is 1. The molecule has 4 rings (SSSR count). The Labute approximate surface area is 218 Å². The SMILES string of the molecule is CCN(CC)CCCN1C(=O)C(=O)C(=C(O)c2ccncc2)C1c1ccc(OCc2ccccc2)cc1. The van der Waals surface area contributed by atoms with Gasteiger partial charge in [-0.3, -0.25) is 14.6 Å². The van der Waals surface area contributed by atoms with Crippen LogP contribution in [-0.4, -0.2) is 57.8 Å². The fourth-order valence-electron chi connectivity index (χ4n) is 4.61. The van der Waals surface area contributed by atoms with Crippen molar-refractivity contribution in [1.29, 1.82) is 0 Å². The van der Waals surface area contributed by atoms with Crippen LogP contribution >= 0.6 is 0 Å². The third kappa shape index (κ3) is 6.06. The van der Waals surface area contributed by atoms with Crippen molar-refractivity contribution in [2.24, 2.45) is 0 Å². The minimum atomic E-state index is -0.687. The summed E-state index contributed by atoms with van der Waals surface area (Å²) in [5, 5.41) is 11.1. The van der Waals surface area contributed by atoms with E-state index in [1.807, 2.05) is 54.6 Å². The Balaban J connectivity index is 1.63. The zero-order valence-corrected chi connectivity index (χ0v) is 21.3. The number of Topliss-reactive ketones (excluding diaryl/α,β-unsaturated/α-hetero) is 1. The Morgan fingerprint density at radius 3 is 2.30 bits per heavy atom. The van der Waals surface area contributed by atoms with Gasteiger partial charge in [0, 0.05) is 24.5 Å². The van der Waals surface area contributed by atoms with Crippen LogP contribution in [0.15, 0.2) is 84.7 Å². The number of amides is 1. The van der Waals surface area contributed by atoms with Crippen molar-refractivity contribution in [2.75, 3.05) is 26.2 Å². The largest absolute Gasteiger partial charge is 0.507 e. The van der Waals surface area contributed by atoms with Crippen LogP contribution in [0.4, 0.5) is 0 Å². The zero-order chi connectivity index (χ0) is 26.2. The van der Waals surface area contributed by atoms with Gasteiger partial charge >= 0.3 is 0 Å². The minimum Gasteiger partial charge on any atom is -0.507 e. The van der Waals surface area contributed by atoms with E-state index in [9.17, 15) is 14.7 Å². The van der Waals surface area contributed by atoms with Crippen LogP contribution in [0.5, 0.6) is 5.75 Å². The van der Waals surface area contributed by atoms with E-state index in [4.69, 9.17) is 4.74 Å². The average molecular weight is 500 g/mol. The number of benzene rings is 2. The molecule has 1 fully saturated rings. The van der Waals surface area contributed by atoms with Crippen molar-refractivity contribution >= 4 is 17.4 Å². The number of rotatable bonds is 11. The van der Waals surface area contributed by atoms with Gasteiger partial charge in [-0.15, -0.1) is 0 Å². The third-order valence-corrected chi connectivity index (χ3v) is 6.71. The van der Waals surface area contributed by atoms with Crippen LogP contribution < -0.4 is 4.74 Å². The molecule has 1 aliphatic rings. The summed E-state index contributed by atoms with van der Waals surface area (Å²) in [6, 6.07) is 19.8. The number of aliphatic hydroxyl groups is 1. The fourth-order valence-corrected chi connectivity index (χ4v) is 4.61. The van der Waals surface area contributed by atoms with Crippen LogP contribution in [0.1, 0.15) is 43.0 Å². The predicted molar refractivity (Wildman–Crippen MR) is 143 cm³/mol. The van der Waals surface area contributed by atoms with Gasteiger partial charge in [0.1, 0.15) is 18.1 Å². The molecule has 1 N–H and O–H groups in total. The molecule has 7 nitrogen and oxygen atoms in total. The van der Waals surface area contributed by atoms with Crippen LogP contribution in [0.2, 0.25) is 0 Å². The van der Waals surface area contributed by atoms with Crippen LogP contribution in [0.3, 0.4) is 0 Å². The summed E-state index contributed by atoms with van der Waals surface area (Å²) in [7, 11) is 0. The number of hydrogen-bond donors (Lipinski definition) is 1. The normalized spacial score (nSPS) is 16.9. The lowest BCUT2D eigenvalue weighted by atomic mass is 9.95. The highest BCUT2D eigenvalue weighted by Gasteiger charge is 2.45. The van der Waals surface area contributed by atoms with Gasteiger partial charge in [0.25, 0.3) is 11.7 Å². The third-order valence-electron chi connectivity index (χ3n) is 6.71. The standard InChI is InChI=1S/C30H33N3O4/c1-3-32(4-2)19-8-20-33-27(26(29(35)30(33)36)28(34)24-15-17-31-18-16-24)23-11-13-25(14-12-23)37-21-22-9-6-5-7-10-22/h5-7,9-18,27,34H,3-4,8,19-21H2,1-2H3. The highest BCUT2D eigenvalue weighted by molar-refractivity contribution is 6.46. The first-order valence-electron chi connectivity index (χ1n) is 12.7. The van der Waals surface area contributed by atoms with Gasteiger partial charge in [0.15, 0.2) is 0 Å². The van der Waals surface area contributed by atoms with Gasteiger partial charge in [-0.25, -0.2) is 0 Å². The molecular formula is C30H33N3O4. The Bertz CT molecular complexity index is 1220. The maximum Gasteiger partial charge on any atom is 0.295 e. The van der Waals surface area contributed by atoms with E-state index in [0.29, 0.717) is 24.5 Å². The molecule has 7 heteroatoms. The smallest absolute Gasteiger partial charge is 0.295 e. The summed E-state index contributed by atoms with van der Waals surface area (Å²) in [4.78, 5) is 34.2. The van der Waals surface area contributed by atoms with E-state index in [0.717, 1.165) is 37.2 Å². The van der Waals surface area contributed by atoms with Crippen molar-refractivity contribution in [3.05, 3.63) is 101 Å². The van der Waals surface area contributed by atoms with Crippen molar-refractivity contribution in [3.8, 4) is 5.75 Å². The Kier molecular flexibility index (Phi) is 8.69. The Hall–Kier alpha value is -3.97. The van der Waals surface area contributed by atoms with Crippen molar-refractivity contribution in [3.63, 3.8) is 0 Å². The predicted octanol–water partition coefficient (Wildman–Crippen LogP) is 4.81. The average Bonchev–Trinajstić information content (AvgIpc) is 3.20. The minimum absolute atomic E-state index is 0.0944. The molecule has 2 aromatic carbocycles. The molecule has 37 heavy (non-hydrogen) atoms. The Morgan fingerprint density at radius 1 is 0.973 bits per heavy atom. The maximum atomic E-state index is 13.2. The molecule has 0 radical (unpaired) electrons. The second-order valence-electron chi connectivity index (χ2n) is 8.95. The monoisotopic (exact) mass is 499 g/mol. The number of carbonyl (C=O) groups excluding carboxylic acids is 2. The summed E-state index contributed by atoms with van der Waals surface area (Å²) in [5.74, 6) is -0.780. The fraction of sp³-hybridized carbons (Fsp3) is 0.300. The molecule has 0 spiro atoms. The molecule has 1 atom stereocenters. The molecule has 2 heterocycles. The van der Waals surface area contributed by atoms with E-state index >= 15 is 0 Å². The van der Waals surface area contributed by atoms with E-state index in [1.165, 1.54) is 0 Å². The first-order chi connectivity index (χ1) is 18.0. The quantitative estimate of drug-likeness (QED) is 0.232. The van der Waals surface area contributed by atoms with Crippen LogP contribution in [0.25, 0.3) is 5.76 Å². The first kappa shape index (κ1) is 26.1. The molecule has 1 amide bonds. The molecule has 1 aromatic heterocycles. The van der Waals surface area contributed by atoms with Gasteiger partial charge in [-0.05, 0) is 61.4 Å². The Morgan fingerprint density at radius 2 is 1.65 bits per heavy atom. The second kappa shape index (κ2) is 12.3. The topological polar surface area (TPSA) is 83.0 Å². The van der Waals surface area contributed by atoms with Gasteiger partial charge < -0.3 is 19.6 Å². The van der Waals surface area contributed by atoms with Crippen LogP contribution in [-0.2, 0) is 16.2 Å². The number of pyridine rings is 1.